The van der Waals surface area contributed by atoms with E-state index < -0.39 is 0 Å². The van der Waals surface area contributed by atoms with Gasteiger partial charge in [0.1, 0.15) is 0 Å². The van der Waals surface area contributed by atoms with Crippen LogP contribution in [0.15, 0.2) is 36.4 Å². The standard InChI is InChI=1S/C15H22N2.2ClH/c1-17(15-9-11-16-12-10-15)13-5-8-14-6-3-2-4-7-14;;/h2-8,15-16H,9-13H2,1H3;2*1H/b8-5+;;. The average Bonchev–Trinajstić information content (AvgIpc) is 2.41. The third-order valence-corrected chi connectivity index (χ3v) is 3.44. The molecular formula is C15H24Cl2N2. The first-order valence-corrected chi connectivity index (χ1v) is 6.49. The van der Waals surface area contributed by atoms with Gasteiger partial charge in [-0.3, -0.25) is 4.90 Å². The summed E-state index contributed by atoms with van der Waals surface area (Å²) in [7, 11) is 2.23. The third-order valence-electron chi connectivity index (χ3n) is 3.44. The van der Waals surface area contributed by atoms with Crippen molar-refractivity contribution in [3.8, 4) is 0 Å². The highest BCUT2D eigenvalue weighted by molar-refractivity contribution is 5.85. The van der Waals surface area contributed by atoms with Crippen LogP contribution < -0.4 is 5.32 Å². The van der Waals surface area contributed by atoms with Gasteiger partial charge in [-0.2, -0.15) is 0 Å². The van der Waals surface area contributed by atoms with Gasteiger partial charge in [0.25, 0.3) is 0 Å². The third kappa shape index (κ3) is 6.44. The molecule has 2 rings (SSSR count). The van der Waals surface area contributed by atoms with Gasteiger partial charge in [-0.05, 0) is 38.5 Å². The number of likely N-dealkylation sites (N-methyl/N-ethyl adjacent to an activating group) is 1. The van der Waals surface area contributed by atoms with E-state index in [9.17, 15) is 0 Å². The molecule has 0 saturated carbocycles. The zero-order chi connectivity index (χ0) is 11.9. The molecule has 1 aromatic rings. The minimum atomic E-state index is 0. The Labute approximate surface area is 129 Å². The van der Waals surface area contributed by atoms with Gasteiger partial charge < -0.3 is 5.32 Å². The van der Waals surface area contributed by atoms with Crippen molar-refractivity contribution in [3.05, 3.63) is 42.0 Å². The molecule has 0 radical (unpaired) electrons. The fraction of sp³-hybridized carbons (Fsp3) is 0.467. The number of hydrogen-bond donors (Lipinski definition) is 1. The number of rotatable bonds is 4. The van der Waals surface area contributed by atoms with Crippen LogP contribution in [0.3, 0.4) is 0 Å². The molecule has 4 heteroatoms. The van der Waals surface area contributed by atoms with Crippen molar-refractivity contribution in [2.24, 2.45) is 0 Å². The summed E-state index contributed by atoms with van der Waals surface area (Å²) >= 11 is 0. The van der Waals surface area contributed by atoms with Crippen molar-refractivity contribution in [1.82, 2.24) is 10.2 Å². The lowest BCUT2D eigenvalue weighted by Crippen LogP contribution is -2.41. The van der Waals surface area contributed by atoms with E-state index in [0.29, 0.717) is 0 Å². The van der Waals surface area contributed by atoms with Crippen LogP contribution in [0.5, 0.6) is 0 Å². The summed E-state index contributed by atoms with van der Waals surface area (Å²) in [6, 6.07) is 11.2. The first-order valence-electron chi connectivity index (χ1n) is 6.49. The molecule has 1 saturated heterocycles. The second-order valence-corrected chi connectivity index (χ2v) is 4.73. The second-order valence-electron chi connectivity index (χ2n) is 4.73. The zero-order valence-corrected chi connectivity index (χ0v) is 13.1. The maximum atomic E-state index is 3.41. The lowest BCUT2D eigenvalue weighted by molar-refractivity contribution is 0.217. The number of nitrogens with one attached hydrogen (secondary N) is 1. The maximum absolute atomic E-state index is 3.41. The Hall–Kier alpha value is -0.540. The first-order chi connectivity index (χ1) is 8.36. The monoisotopic (exact) mass is 302 g/mol. The number of nitrogens with zero attached hydrogens (tertiary/aromatic N) is 1. The molecule has 0 spiro atoms. The molecule has 2 nitrogen and oxygen atoms in total. The summed E-state index contributed by atoms with van der Waals surface area (Å²) in [5.74, 6) is 0. The van der Waals surface area contributed by atoms with Crippen LogP contribution in [0.1, 0.15) is 18.4 Å². The van der Waals surface area contributed by atoms with Gasteiger partial charge in [0, 0.05) is 12.6 Å². The van der Waals surface area contributed by atoms with Gasteiger partial charge in [0.2, 0.25) is 0 Å². The maximum Gasteiger partial charge on any atom is 0.0166 e. The van der Waals surface area contributed by atoms with Gasteiger partial charge in [0.05, 0.1) is 0 Å². The molecular weight excluding hydrogens is 279 g/mol. The highest BCUT2D eigenvalue weighted by atomic mass is 35.5. The van der Waals surface area contributed by atoms with E-state index in [-0.39, 0.29) is 24.8 Å². The van der Waals surface area contributed by atoms with Crippen LogP contribution in [0.4, 0.5) is 0 Å². The Balaban J connectivity index is 0.00000162. The van der Waals surface area contributed by atoms with E-state index in [1.165, 1.54) is 18.4 Å². The van der Waals surface area contributed by atoms with Gasteiger partial charge >= 0.3 is 0 Å². The highest BCUT2D eigenvalue weighted by Crippen LogP contribution is 2.10. The molecule has 19 heavy (non-hydrogen) atoms. The van der Waals surface area contributed by atoms with E-state index in [4.69, 9.17) is 0 Å². The number of halogens is 2. The van der Waals surface area contributed by atoms with Gasteiger partial charge in [-0.15, -0.1) is 24.8 Å². The number of benzene rings is 1. The molecule has 0 aromatic heterocycles. The fourth-order valence-electron chi connectivity index (χ4n) is 2.32. The summed E-state index contributed by atoms with van der Waals surface area (Å²) in [5, 5.41) is 3.41. The van der Waals surface area contributed by atoms with Crippen LogP contribution in [0, 0.1) is 0 Å². The molecule has 0 aliphatic carbocycles. The Morgan fingerprint density at radius 3 is 2.42 bits per heavy atom. The van der Waals surface area contributed by atoms with E-state index in [1.807, 2.05) is 0 Å². The minimum Gasteiger partial charge on any atom is -0.317 e. The molecule has 1 N–H and O–H groups in total. The van der Waals surface area contributed by atoms with E-state index in [0.717, 1.165) is 25.7 Å². The molecule has 0 atom stereocenters. The highest BCUT2D eigenvalue weighted by Gasteiger charge is 2.15. The topological polar surface area (TPSA) is 15.3 Å². The van der Waals surface area contributed by atoms with Gasteiger partial charge in [0.15, 0.2) is 0 Å². The van der Waals surface area contributed by atoms with E-state index in [1.54, 1.807) is 0 Å². The molecule has 0 amide bonds. The summed E-state index contributed by atoms with van der Waals surface area (Å²) in [5.41, 5.74) is 1.28. The molecule has 0 bridgehead atoms. The lowest BCUT2D eigenvalue weighted by Gasteiger charge is -2.30. The van der Waals surface area contributed by atoms with Crippen molar-refractivity contribution < 1.29 is 0 Å². The Kier molecular flexibility index (Phi) is 9.98. The Bertz CT molecular complexity index is 348. The van der Waals surface area contributed by atoms with Crippen LogP contribution in [0.25, 0.3) is 6.08 Å². The predicted molar refractivity (Wildman–Crippen MR) is 88.5 cm³/mol. The largest absolute Gasteiger partial charge is 0.317 e. The van der Waals surface area contributed by atoms with Crippen molar-refractivity contribution in [3.63, 3.8) is 0 Å². The molecule has 1 aromatic carbocycles. The zero-order valence-electron chi connectivity index (χ0n) is 11.4. The van der Waals surface area contributed by atoms with Crippen molar-refractivity contribution >= 4 is 30.9 Å². The Morgan fingerprint density at radius 2 is 1.79 bits per heavy atom. The molecule has 1 aliphatic heterocycles. The molecule has 1 aliphatic rings. The molecule has 0 unspecified atom stereocenters. The normalized spacial score (nSPS) is 16.1. The molecule has 1 fully saturated rings. The van der Waals surface area contributed by atoms with Crippen molar-refractivity contribution in [2.45, 2.75) is 18.9 Å². The average molecular weight is 303 g/mol. The minimum absolute atomic E-state index is 0. The van der Waals surface area contributed by atoms with Crippen LogP contribution in [0.2, 0.25) is 0 Å². The van der Waals surface area contributed by atoms with Crippen molar-refractivity contribution in [2.75, 3.05) is 26.7 Å². The van der Waals surface area contributed by atoms with E-state index >= 15 is 0 Å². The molecule has 108 valence electrons. The van der Waals surface area contributed by atoms with Crippen LogP contribution in [-0.4, -0.2) is 37.6 Å². The predicted octanol–water partition coefficient (Wildman–Crippen LogP) is 3.23. The van der Waals surface area contributed by atoms with Crippen LogP contribution in [-0.2, 0) is 0 Å². The second kappa shape index (κ2) is 10.3. The van der Waals surface area contributed by atoms with Gasteiger partial charge in [-0.1, -0.05) is 42.5 Å². The van der Waals surface area contributed by atoms with E-state index in [2.05, 4.69) is 59.7 Å². The summed E-state index contributed by atoms with van der Waals surface area (Å²) < 4.78 is 0. The van der Waals surface area contributed by atoms with Crippen LogP contribution >= 0.6 is 24.8 Å². The smallest absolute Gasteiger partial charge is 0.0166 e. The number of piperidine rings is 1. The van der Waals surface area contributed by atoms with Gasteiger partial charge in [-0.25, -0.2) is 0 Å². The Morgan fingerprint density at radius 1 is 1.16 bits per heavy atom. The SMILES string of the molecule is CN(C/C=C/c1ccccc1)C1CCNCC1.Cl.Cl. The van der Waals surface area contributed by atoms with Crippen molar-refractivity contribution in [1.29, 1.82) is 0 Å². The molecule has 1 heterocycles. The summed E-state index contributed by atoms with van der Waals surface area (Å²) in [6.45, 7) is 3.37. The summed E-state index contributed by atoms with van der Waals surface area (Å²) in [4.78, 5) is 2.46. The fourth-order valence-corrected chi connectivity index (χ4v) is 2.32. The number of hydrogen-bond acceptors (Lipinski definition) is 2. The quantitative estimate of drug-likeness (QED) is 0.919. The first kappa shape index (κ1) is 18.5. The summed E-state index contributed by atoms with van der Waals surface area (Å²) in [6.07, 6.45) is 7.01. The lowest BCUT2D eigenvalue weighted by atomic mass is 10.1.